The number of nitrogens with zero attached hydrogens (tertiary/aromatic N) is 2. The lowest BCUT2D eigenvalue weighted by molar-refractivity contribution is -0.141. The number of esters is 1. The molecule has 0 aliphatic rings. The Hall–Kier alpha value is -3.10. The SMILES string of the molecule is COC=C(C(=O)OC)c1ccccc1Oc1nccc(C(F)(F)F)n1. The highest BCUT2D eigenvalue weighted by Gasteiger charge is 2.33. The van der Waals surface area contributed by atoms with Crippen molar-refractivity contribution in [3.63, 3.8) is 0 Å². The number of methoxy groups -OCH3 is 2. The molecule has 0 spiro atoms. The van der Waals surface area contributed by atoms with Crippen molar-refractivity contribution < 1.29 is 32.2 Å². The van der Waals surface area contributed by atoms with Gasteiger partial charge in [-0.1, -0.05) is 18.2 Å². The third-order valence-electron chi connectivity index (χ3n) is 2.94. The fourth-order valence-corrected chi connectivity index (χ4v) is 1.87. The summed E-state index contributed by atoms with van der Waals surface area (Å²) in [5.74, 6) is -0.640. The number of halogens is 3. The molecule has 132 valence electrons. The molecule has 0 radical (unpaired) electrons. The van der Waals surface area contributed by atoms with Crippen molar-refractivity contribution in [1.29, 1.82) is 0 Å². The van der Waals surface area contributed by atoms with Crippen LogP contribution in [0.5, 0.6) is 11.8 Å². The molecule has 0 N–H and O–H groups in total. The van der Waals surface area contributed by atoms with Crippen LogP contribution in [0.2, 0.25) is 0 Å². The molecule has 0 aliphatic carbocycles. The minimum absolute atomic E-state index is 0.0209. The summed E-state index contributed by atoms with van der Waals surface area (Å²) in [6, 6.07) is 6.37. The zero-order valence-electron chi connectivity index (χ0n) is 13.2. The van der Waals surface area contributed by atoms with E-state index in [-0.39, 0.29) is 16.9 Å². The van der Waals surface area contributed by atoms with Gasteiger partial charge in [0.25, 0.3) is 0 Å². The van der Waals surface area contributed by atoms with Gasteiger partial charge in [-0.15, -0.1) is 0 Å². The number of carbonyl (C=O) groups excluding carboxylic acids is 1. The van der Waals surface area contributed by atoms with Crippen molar-refractivity contribution >= 4 is 11.5 Å². The molecule has 0 amide bonds. The summed E-state index contributed by atoms with van der Waals surface area (Å²) < 4.78 is 53.1. The number of aromatic nitrogens is 2. The molecule has 0 atom stereocenters. The Balaban J connectivity index is 2.42. The smallest absolute Gasteiger partial charge is 0.433 e. The van der Waals surface area contributed by atoms with Crippen LogP contribution in [-0.2, 0) is 20.4 Å². The fraction of sp³-hybridized carbons (Fsp3) is 0.188. The summed E-state index contributed by atoms with van der Waals surface area (Å²) in [6.07, 6.45) is -2.56. The van der Waals surface area contributed by atoms with Crippen molar-refractivity contribution in [3.8, 4) is 11.8 Å². The van der Waals surface area contributed by atoms with E-state index in [0.717, 1.165) is 18.5 Å². The van der Waals surface area contributed by atoms with E-state index in [0.29, 0.717) is 0 Å². The van der Waals surface area contributed by atoms with Gasteiger partial charge in [0, 0.05) is 11.8 Å². The highest BCUT2D eigenvalue weighted by atomic mass is 19.4. The normalized spacial score (nSPS) is 11.8. The van der Waals surface area contributed by atoms with Crippen molar-refractivity contribution in [2.75, 3.05) is 14.2 Å². The first kappa shape index (κ1) is 18.2. The van der Waals surface area contributed by atoms with E-state index in [4.69, 9.17) is 9.47 Å². The van der Waals surface area contributed by atoms with Crippen molar-refractivity contribution in [3.05, 3.63) is 54.0 Å². The van der Waals surface area contributed by atoms with Crippen LogP contribution in [0.3, 0.4) is 0 Å². The topological polar surface area (TPSA) is 70.5 Å². The molecule has 0 saturated heterocycles. The van der Waals surface area contributed by atoms with Crippen LogP contribution in [0.1, 0.15) is 11.3 Å². The predicted octanol–water partition coefficient (Wildman–Crippen LogP) is 3.45. The van der Waals surface area contributed by atoms with E-state index < -0.39 is 23.8 Å². The molecule has 0 bridgehead atoms. The van der Waals surface area contributed by atoms with Gasteiger partial charge in [0.1, 0.15) is 11.3 Å². The quantitative estimate of drug-likeness (QED) is 0.465. The molecule has 2 rings (SSSR count). The molecule has 6 nitrogen and oxygen atoms in total. The number of alkyl halides is 3. The van der Waals surface area contributed by atoms with Crippen LogP contribution in [0.15, 0.2) is 42.8 Å². The van der Waals surface area contributed by atoms with Crippen molar-refractivity contribution in [2.24, 2.45) is 0 Å². The summed E-state index contributed by atoms with van der Waals surface area (Å²) in [4.78, 5) is 18.9. The van der Waals surface area contributed by atoms with Crippen LogP contribution in [0.4, 0.5) is 13.2 Å². The first-order valence-corrected chi connectivity index (χ1v) is 6.85. The molecule has 1 heterocycles. The van der Waals surface area contributed by atoms with Gasteiger partial charge in [0.2, 0.25) is 0 Å². The Morgan fingerprint density at radius 2 is 1.88 bits per heavy atom. The zero-order chi connectivity index (χ0) is 18.4. The van der Waals surface area contributed by atoms with Crippen LogP contribution in [-0.4, -0.2) is 30.2 Å². The molecule has 0 fully saturated rings. The van der Waals surface area contributed by atoms with E-state index in [9.17, 15) is 18.0 Å². The van der Waals surface area contributed by atoms with E-state index in [1.807, 2.05) is 0 Å². The maximum Gasteiger partial charge on any atom is 0.433 e. The number of hydrogen-bond acceptors (Lipinski definition) is 6. The molecule has 0 aliphatic heterocycles. The molecule has 2 aromatic rings. The second-order valence-electron chi connectivity index (χ2n) is 4.58. The van der Waals surface area contributed by atoms with Crippen molar-refractivity contribution in [2.45, 2.75) is 6.18 Å². The second kappa shape index (κ2) is 7.65. The highest BCUT2D eigenvalue weighted by Crippen LogP contribution is 2.32. The molecule has 1 aromatic heterocycles. The Kier molecular flexibility index (Phi) is 5.58. The summed E-state index contributed by atoms with van der Waals surface area (Å²) in [5, 5.41) is 0. The van der Waals surface area contributed by atoms with E-state index >= 15 is 0 Å². The molecule has 0 unspecified atom stereocenters. The van der Waals surface area contributed by atoms with Crippen LogP contribution < -0.4 is 4.74 Å². The maximum atomic E-state index is 12.7. The minimum Gasteiger partial charge on any atom is -0.503 e. The van der Waals surface area contributed by atoms with Gasteiger partial charge in [-0.05, 0) is 12.1 Å². The third kappa shape index (κ3) is 4.46. The molecular formula is C16H13F3N2O4. The Bertz CT molecular complexity index is 791. The number of para-hydroxylation sites is 1. The van der Waals surface area contributed by atoms with Gasteiger partial charge in [-0.25, -0.2) is 9.78 Å². The number of ether oxygens (including phenoxy) is 3. The molecular weight excluding hydrogens is 341 g/mol. The van der Waals surface area contributed by atoms with E-state index in [1.165, 1.54) is 26.4 Å². The van der Waals surface area contributed by atoms with Gasteiger partial charge in [-0.3, -0.25) is 0 Å². The Morgan fingerprint density at radius 1 is 1.16 bits per heavy atom. The van der Waals surface area contributed by atoms with E-state index in [1.54, 1.807) is 12.1 Å². The molecule has 9 heteroatoms. The lowest BCUT2D eigenvalue weighted by Crippen LogP contribution is -2.09. The summed E-state index contributed by atoms with van der Waals surface area (Å²) in [7, 11) is 2.52. The number of benzene rings is 1. The minimum atomic E-state index is -4.63. The first-order chi connectivity index (χ1) is 11.9. The lowest BCUT2D eigenvalue weighted by atomic mass is 10.1. The average molecular weight is 354 g/mol. The number of hydrogen-bond donors (Lipinski definition) is 0. The van der Waals surface area contributed by atoms with Crippen LogP contribution in [0.25, 0.3) is 5.57 Å². The standard InChI is InChI=1S/C16H13F3N2O4/c1-23-9-11(14(22)24-2)10-5-3-4-6-12(10)25-15-20-8-7-13(21-15)16(17,18)19/h3-9H,1-2H3. The highest BCUT2D eigenvalue weighted by molar-refractivity contribution is 6.17. The Labute approximate surface area is 140 Å². The van der Waals surface area contributed by atoms with Crippen LogP contribution >= 0.6 is 0 Å². The third-order valence-corrected chi connectivity index (χ3v) is 2.94. The number of rotatable bonds is 5. The maximum absolute atomic E-state index is 12.7. The first-order valence-electron chi connectivity index (χ1n) is 6.85. The zero-order valence-corrected chi connectivity index (χ0v) is 13.2. The second-order valence-corrected chi connectivity index (χ2v) is 4.58. The van der Waals surface area contributed by atoms with Gasteiger partial charge >= 0.3 is 18.2 Å². The van der Waals surface area contributed by atoms with Crippen molar-refractivity contribution in [1.82, 2.24) is 9.97 Å². The van der Waals surface area contributed by atoms with Gasteiger partial charge in [0.15, 0.2) is 5.69 Å². The lowest BCUT2D eigenvalue weighted by Gasteiger charge is -2.12. The summed E-state index contributed by atoms with van der Waals surface area (Å²) in [5.41, 5.74) is -0.875. The predicted molar refractivity (Wildman–Crippen MR) is 80.6 cm³/mol. The fourth-order valence-electron chi connectivity index (χ4n) is 1.87. The largest absolute Gasteiger partial charge is 0.503 e. The molecule has 25 heavy (non-hydrogen) atoms. The summed E-state index contributed by atoms with van der Waals surface area (Å²) >= 11 is 0. The van der Waals surface area contributed by atoms with Crippen LogP contribution in [0, 0.1) is 0 Å². The van der Waals surface area contributed by atoms with Gasteiger partial charge < -0.3 is 14.2 Å². The average Bonchev–Trinajstić information content (AvgIpc) is 2.59. The van der Waals surface area contributed by atoms with E-state index in [2.05, 4.69) is 14.7 Å². The monoisotopic (exact) mass is 354 g/mol. The number of carbonyl (C=O) groups is 1. The summed E-state index contributed by atoms with van der Waals surface area (Å²) in [6.45, 7) is 0. The molecule has 1 aromatic carbocycles. The van der Waals surface area contributed by atoms with Gasteiger partial charge in [0.05, 0.1) is 20.5 Å². The van der Waals surface area contributed by atoms with Gasteiger partial charge in [-0.2, -0.15) is 18.2 Å². The Morgan fingerprint density at radius 3 is 2.52 bits per heavy atom. The molecule has 0 saturated carbocycles.